The van der Waals surface area contributed by atoms with E-state index in [2.05, 4.69) is 67.1 Å². The van der Waals surface area contributed by atoms with Crippen LogP contribution in [-0.4, -0.2) is 27.7 Å². The molecule has 0 radical (unpaired) electrons. The van der Waals surface area contributed by atoms with Crippen molar-refractivity contribution in [2.24, 2.45) is 5.10 Å². The molecular formula is C12H10I2N4O. The Morgan fingerprint density at radius 1 is 1.26 bits per heavy atom. The van der Waals surface area contributed by atoms with Crippen molar-refractivity contribution in [1.29, 1.82) is 0 Å². The molecule has 0 aliphatic carbocycles. The van der Waals surface area contributed by atoms with Crippen molar-refractivity contribution in [3.05, 3.63) is 50.1 Å². The van der Waals surface area contributed by atoms with Crippen LogP contribution in [0.4, 0.5) is 0 Å². The summed E-state index contributed by atoms with van der Waals surface area (Å²) in [6.45, 7) is 4.15. The Kier molecular flexibility index (Phi) is 5.31. The lowest BCUT2D eigenvalue weighted by Crippen LogP contribution is -1.99. The zero-order valence-electron chi connectivity index (χ0n) is 9.83. The van der Waals surface area contributed by atoms with Crippen molar-refractivity contribution in [3.8, 4) is 5.75 Å². The highest BCUT2D eigenvalue weighted by Crippen LogP contribution is 2.28. The first-order chi connectivity index (χ1) is 9.20. The molecule has 0 saturated heterocycles. The number of hydrogen-bond acceptors (Lipinski definition) is 4. The quantitative estimate of drug-likeness (QED) is 0.376. The van der Waals surface area contributed by atoms with Gasteiger partial charge in [-0.1, -0.05) is 12.7 Å². The molecule has 0 N–H and O–H groups in total. The number of ether oxygens (including phenoxy) is 1. The van der Waals surface area contributed by atoms with Gasteiger partial charge in [0.05, 0.1) is 13.4 Å². The first-order valence-electron chi connectivity index (χ1n) is 5.32. The maximum absolute atomic E-state index is 5.62. The molecule has 98 valence electrons. The largest absolute Gasteiger partial charge is 0.487 e. The van der Waals surface area contributed by atoms with Crippen LogP contribution < -0.4 is 4.74 Å². The number of hydrogen-bond donors (Lipinski definition) is 0. The molecule has 0 spiro atoms. The number of halogens is 2. The van der Waals surface area contributed by atoms with Gasteiger partial charge in [-0.25, -0.2) is 4.68 Å². The lowest BCUT2D eigenvalue weighted by molar-refractivity contribution is 0.358. The fourth-order valence-corrected chi connectivity index (χ4v) is 3.45. The maximum atomic E-state index is 5.62. The van der Waals surface area contributed by atoms with Crippen molar-refractivity contribution < 1.29 is 4.74 Å². The van der Waals surface area contributed by atoms with E-state index in [-0.39, 0.29) is 0 Å². The summed E-state index contributed by atoms with van der Waals surface area (Å²) in [5.74, 6) is 0.877. The third kappa shape index (κ3) is 4.00. The van der Waals surface area contributed by atoms with Gasteiger partial charge < -0.3 is 4.74 Å². The second kappa shape index (κ2) is 6.98. The molecule has 0 atom stereocenters. The monoisotopic (exact) mass is 480 g/mol. The van der Waals surface area contributed by atoms with Gasteiger partial charge in [-0.2, -0.15) is 5.10 Å². The van der Waals surface area contributed by atoms with Crippen LogP contribution in [0.2, 0.25) is 0 Å². The molecule has 0 fully saturated rings. The third-order valence-electron chi connectivity index (χ3n) is 2.11. The summed E-state index contributed by atoms with van der Waals surface area (Å²) in [5.41, 5.74) is 0.994. The van der Waals surface area contributed by atoms with Crippen LogP contribution >= 0.6 is 45.2 Å². The van der Waals surface area contributed by atoms with Crippen LogP contribution in [0.3, 0.4) is 0 Å². The van der Waals surface area contributed by atoms with Crippen LogP contribution in [-0.2, 0) is 0 Å². The molecule has 0 unspecified atom stereocenters. The van der Waals surface area contributed by atoms with Crippen LogP contribution in [0, 0.1) is 7.14 Å². The molecule has 0 saturated carbocycles. The van der Waals surface area contributed by atoms with E-state index in [1.165, 1.54) is 12.7 Å². The van der Waals surface area contributed by atoms with Crippen molar-refractivity contribution in [3.63, 3.8) is 0 Å². The van der Waals surface area contributed by atoms with Gasteiger partial charge in [0.1, 0.15) is 25.0 Å². The SMILES string of the molecule is C=CCOc1c(I)cc(/C=N\n2cnnc2)cc1I. The first kappa shape index (κ1) is 14.4. The highest BCUT2D eigenvalue weighted by Gasteiger charge is 2.07. The van der Waals surface area contributed by atoms with E-state index < -0.39 is 0 Å². The van der Waals surface area contributed by atoms with Gasteiger partial charge in [0.2, 0.25) is 0 Å². The number of benzene rings is 1. The molecule has 1 aromatic heterocycles. The molecule has 0 aliphatic rings. The van der Waals surface area contributed by atoms with Gasteiger partial charge in [-0.15, -0.1) is 10.2 Å². The predicted octanol–water partition coefficient (Wildman–Crippen LogP) is 2.93. The predicted molar refractivity (Wildman–Crippen MR) is 90.6 cm³/mol. The summed E-state index contributed by atoms with van der Waals surface area (Å²) >= 11 is 4.49. The second-order valence-electron chi connectivity index (χ2n) is 3.50. The van der Waals surface area contributed by atoms with Crippen LogP contribution in [0.15, 0.2) is 42.5 Å². The Bertz CT molecular complexity index is 573. The molecule has 0 amide bonds. The fourth-order valence-electron chi connectivity index (χ4n) is 1.32. The zero-order valence-corrected chi connectivity index (χ0v) is 14.1. The number of nitrogens with zero attached hydrogens (tertiary/aromatic N) is 4. The highest BCUT2D eigenvalue weighted by atomic mass is 127. The van der Waals surface area contributed by atoms with Gasteiger partial charge >= 0.3 is 0 Å². The Balaban J connectivity index is 2.22. The van der Waals surface area contributed by atoms with Crippen molar-refractivity contribution in [2.75, 3.05) is 6.61 Å². The molecule has 2 rings (SSSR count). The smallest absolute Gasteiger partial charge is 0.146 e. The normalized spacial score (nSPS) is 10.8. The second-order valence-corrected chi connectivity index (χ2v) is 5.82. The maximum Gasteiger partial charge on any atom is 0.146 e. The summed E-state index contributed by atoms with van der Waals surface area (Å²) in [7, 11) is 0. The van der Waals surface area contributed by atoms with Crippen molar-refractivity contribution in [1.82, 2.24) is 14.9 Å². The molecule has 7 heteroatoms. The standard InChI is InChI=1S/C12H10I2N4O/c1-2-3-19-12-10(13)4-9(5-11(12)14)6-17-18-7-15-16-8-18/h2,4-8H,1,3H2/b17-6-. The Morgan fingerprint density at radius 2 is 1.89 bits per heavy atom. The van der Waals surface area contributed by atoms with E-state index in [4.69, 9.17) is 4.74 Å². The Hall–Kier alpha value is -0.970. The van der Waals surface area contributed by atoms with Gasteiger partial charge in [-0.05, 0) is 62.9 Å². The zero-order chi connectivity index (χ0) is 13.7. The Labute approximate surface area is 138 Å². The third-order valence-corrected chi connectivity index (χ3v) is 3.72. The van der Waals surface area contributed by atoms with Crippen LogP contribution in [0.1, 0.15) is 5.56 Å². The lowest BCUT2D eigenvalue weighted by atomic mass is 10.2. The van der Waals surface area contributed by atoms with E-state index >= 15 is 0 Å². The summed E-state index contributed by atoms with van der Waals surface area (Å²) in [6.07, 6.45) is 6.56. The lowest BCUT2D eigenvalue weighted by Gasteiger charge is -2.09. The summed E-state index contributed by atoms with van der Waals surface area (Å²) in [6, 6.07) is 4.02. The molecule has 0 bridgehead atoms. The molecule has 19 heavy (non-hydrogen) atoms. The minimum absolute atomic E-state index is 0.500. The average molecular weight is 480 g/mol. The van der Waals surface area contributed by atoms with Crippen LogP contribution in [0.5, 0.6) is 5.75 Å². The van der Waals surface area contributed by atoms with Gasteiger partial charge in [0.25, 0.3) is 0 Å². The van der Waals surface area contributed by atoms with Crippen molar-refractivity contribution in [2.45, 2.75) is 0 Å². The highest BCUT2D eigenvalue weighted by molar-refractivity contribution is 14.1. The molecule has 1 aromatic carbocycles. The van der Waals surface area contributed by atoms with E-state index in [1.54, 1.807) is 17.0 Å². The number of aromatic nitrogens is 3. The van der Waals surface area contributed by atoms with Gasteiger partial charge in [0, 0.05) is 0 Å². The van der Waals surface area contributed by atoms with E-state index in [0.717, 1.165) is 18.5 Å². The summed E-state index contributed by atoms with van der Waals surface area (Å²) in [4.78, 5) is 0. The fraction of sp³-hybridized carbons (Fsp3) is 0.0833. The van der Waals surface area contributed by atoms with Gasteiger partial charge in [-0.3, -0.25) is 0 Å². The Morgan fingerprint density at radius 3 is 2.47 bits per heavy atom. The molecule has 1 heterocycles. The van der Waals surface area contributed by atoms with E-state index in [9.17, 15) is 0 Å². The molecule has 5 nitrogen and oxygen atoms in total. The minimum atomic E-state index is 0.500. The first-order valence-corrected chi connectivity index (χ1v) is 7.48. The minimum Gasteiger partial charge on any atom is -0.487 e. The number of rotatable bonds is 5. The van der Waals surface area contributed by atoms with Gasteiger partial charge in [0.15, 0.2) is 0 Å². The van der Waals surface area contributed by atoms with E-state index in [0.29, 0.717) is 6.61 Å². The summed E-state index contributed by atoms with van der Waals surface area (Å²) < 4.78 is 9.24. The van der Waals surface area contributed by atoms with E-state index in [1.807, 2.05) is 12.1 Å². The summed E-state index contributed by atoms with van der Waals surface area (Å²) in [5, 5.41) is 11.6. The molecule has 2 aromatic rings. The van der Waals surface area contributed by atoms with Crippen LogP contribution in [0.25, 0.3) is 0 Å². The topological polar surface area (TPSA) is 52.3 Å². The molecule has 0 aliphatic heterocycles. The molecular weight excluding hydrogens is 470 g/mol. The average Bonchev–Trinajstić information content (AvgIpc) is 2.88. The van der Waals surface area contributed by atoms with Crippen molar-refractivity contribution >= 4 is 51.4 Å².